The molecule has 0 saturated carbocycles. The summed E-state index contributed by atoms with van der Waals surface area (Å²) < 4.78 is 5.76. The van der Waals surface area contributed by atoms with Crippen LogP contribution in [0.5, 0.6) is 0 Å². The predicted octanol–water partition coefficient (Wildman–Crippen LogP) is 0.698. The summed E-state index contributed by atoms with van der Waals surface area (Å²) in [6, 6.07) is 0.391. The van der Waals surface area contributed by atoms with Gasteiger partial charge in [0.05, 0.1) is 6.10 Å². The van der Waals surface area contributed by atoms with E-state index in [1.807, 2.05) is 11.9 Å². The van der Waals surface area contributed by atoms with E-state index < -0.39 is 0 Å². The predicted molar refractivity (Wildman–Crippen MR) is 79.7 cm³/mol. The normalized spacial score (nSPS) is 22.9. The molecule has 116 valence electrons. The first-order valence-corrected chi connectivity index (χ1v) is 8.01. The molecule has 0 aromatic heterocycles. The molecule has 1 amide bonds. The van der Waals surface area contributed by atoms with E-state index in [2.05, 4.69) is 17.1 Å². The first-order chi connectivity index (χ1) is 9.70. The fourth-order valence-corrected chi connectivity index (χ4v) is 3.08. The number of likely N-dealkylation sites (tertiary alicyclic amines) is 1. The van der Waals surface area contributed by atoms with Crippen LogP contribution in [0.15, 0.2) is 0 Å². The van der Waals surface area contributed by atoms with E-state index in [1.165, 1.54) is 0 Å². The molecule has 0 spiro atoms. The molecule has 2 heterocycles. The third-order valence-electron chi connectivity index (χ3n) is 4.67. The highest BCUT2D eigenvalue weighted by atomic mass is 16.5. The summed E-state index contributed by atoms with van der Waals surface area (Å²) in [5, 5.41) is 3.31. The number of nitrogens with zero attached hydrogens (tertiary/aromatic N) is 2. The summed E-state index contributed by atoms with van der Waals surface area (Å²) in [7, 11) is 1.93. The Kier molecular flexibility index (Phi) is 6.26. The monoisotopic (exact) mass is 283 g/mol. The van der Waals surface area contributed by atoms with Crippen LogP contribution in [0.2, 0.25) is 0 Å². The lowest BCUT2D eigenvalue weighted by atomic mass is 10.0. The summed E-state index contributed by atoms with van der Waals surface area (Å²) in [6.45, 7) is 7.77. The zero-order chi connectivity index (χ0) is 14.4. The summed E-state index contributed by atoms with van der Waals surface area (Å²) >= 11 is 0. The number of piperidine rings is 2. The minimum Gasteiger partial charge on any atom is -0.368 e. The summed E-state index contributed by atoms with van der Waals surface area (Å²) in [5.74, 6) is 0.137. The number of hydrogen-bond donors (Lipinski definition) is 1. The molecule has 0 unspecified atom stereocenters. The second-order valence-electron chi connectivity index (χ2n) is 5.93. The smallest absolute Gasteiger partial charge is 0.248 e. The number of likely N-dealkylation sites (N-methyl/N-ethyl adjacent to an activating group) is 1. The molecule has 0 bridgehead atoms. The molecule has 0 aromatic rings. The highest BCUT2D eigenvalue weighted by molar-refractivity contribution is 5.77. The molecule has 0 aromatic carbocycles. The Morgan fingerprint density at radius 3 is 2.50 bits per heavy atom. The van der Waals surface area contributed by atoms with Crippen molar-refractivity contribution in [1.29, 1.82) is 0 Å². The van der Waals surface area contributed by atoms with Crippen molar-refractivity contribution in [2.45, 2.75) is 44.8 Å². The summed E-state index contributed by atoms with van der Waals surface area (Å²) in [5.41, 5.74) is 0. The van der Waals surface area contributed by atoms with Gasteiger partial charge in [0, 0.05) is 26.2 Å². The standard InChI is InChI=1S/C15H29N3O2/c1-3-18-10-6-13(7-11-18)17(2)15(19)12-20-14-4-8-16-9-5-14/h13-14,16H,3-12H2,1-2H3. The van der Waals surface area contributed by atoms with Crippen molar-refractivity contribution in [3.63, 3.8) is 0 Å². The van der Waals surface area contributed by atoms with Crippen LogP contribution in [0.1, 0.15) is 32.6 Å². The van der Waals surface area contributed by atoms with Crippen LogP contribution in [0.3, 0.4) is 0 Å². The Balaban J connectivity index is 1.69. The molecule has 0 atom stereocenters. The molecule has 2 fully saturated rings. The maximum absolute atomic E-state index is 12.2. The minimum atomic E-state index is 0.137. The third kappa shape index (κ3) is 4.43. The van der Waals surface area contributed by atoms with Gasteiger partial charge in [0.25, 0.3) is 0 Å². The quantitative estimate of drug-likeness (QED) is 0.807. The van der Waals surface area contributed by atoms with Gasteiger partial charge >= 0.3 is 0 Å². The van der Waals surface area contributed by atoms with Crippen LogP contribution >= 0.6 is 0 Å². The molecule has 0 aliphatic carbocycles. The lowest BCUT2D eigenvalue weighted by Gasteiger charge is -2.36. The van der Waals surface area contributed by atoms with Crippen LogP contribution in [0.4, 0.5) is 0 Å². The van der Waals surface area contributed by atoms with Gasteiger partial charge in [-0.15, -0.1) is 0 Å². The van der Waals surface area contributed by atoms with Crippen LogP contribution < -0.4 is 5.32 Å². The molecule has 2 aliphatic rings. The Labute approximate surface area is 122 Å². The first-order valence-electron chi connectivity index (χ1n) is 8.01. The van der Waals surface area contributed by atoms with Gasteiger partial charge < -0.3 is 19.9 Å². The van der Waals surface area contributed by atoms with Crippen molar-refractivity contribution in [3.05, 3.63) is 0 Å². The van der Waals surface area contributed by atoms with Crippen LogP contribution in [0.25, 0.3) is 0 Å². The number of carbonyl (C=O) groups is 1. The molecule has 20 heavy (non-hydrogen) atoms. The molecule has 5 nitrogen and oxygen atoms in total. The topological polar surface area (TPSA) is 44.8 Å². The molecular weight excluding hydrogens is 254 g/mol. The number of amides is 1. The van der Waals surface area contributed by atoms with Gasteiger partial charge in [0.2, 0.25) is 5.91 Å². The SMILES string of the molecule is CCN1CCC(N(C)C(=O)COC2CCNCC2)CC1. The fourth-order valence-electron chi connectivity index (χ4n) is 3.08. The van der Waals surface area contributed by atoms with E-state index in [1.54, 1.807) is 0 Å². The highest BCUT2D eigenvalue weighted by Crippen LogP contribution is 2.16. The van der Waals surface area contributed by atoms with Crippen molar-refractivity contribution in [3.8, 4) is 0 Å². The lowest BCUT2D eigenvalue weighted by Crippen LogP contribution is -2.47. The largest absolute Gasteiger partial charge is 0.368 e. The minimum absolute atomic E-state index is 0.137. The van der Waals surface area contributed by atoms with Gasteiger partial charge in [-0.1, -0.05) is 6.92 Å². The van der Waals surface area contributed by atoms with Crippen molar-refractivity contribution < 1.29 is 9.53 Å². The Bertz CT molecular complexity index is 297. The van der Waals surface area contributed by atoms with Crippen LogP contribution in [-0.2, 0) is 9.53 Å². The van der Waals surface area contributed by atoms with E-state index in [9.17, 15) is 4.79 Å². The molecule has 2 aliphatic heterocycles. The summed E-state index contributed by atoms with van der Waals surface area (Å²) in [6.07, 6.45) is 4.47. The first kappa shape index (κ1) is 15.7. The van der Waals surface area contributed by atoms with E-state index in [4.69, 9.17) is 4.74 Å². The second-order valence-corrected chi connectivity index (χ2v) is 5.93. The number of nitrogens with one attached hydrogen (secondary N) is 1. The van der Waals surface area contributed by atoms with Gasteiger partial charge in [-0.2, -0.15) is 0 Å². The number of ether oxygens (including phenoxy) is 1. The van der Waals surface area contributed by atoms with Gasteiger partial charge in [0.1, 0.15) is 6.61 Å². The average molecular weight is 283 g/mol. The molecule has 2 rings (SSSR count). The zero-order valence-corrected chi connectivity index (χ0v) is 12.9. The van der Waals surface area contributed by atoms with E-state index in [-0.39, 0.29) is 18.6 Å². The maximum atomic E-state index is 12.2. The highest BCUT2D eigenvalue weighted by Gasteiger charge is 2.25. The van der Waals surface area contributed by atoms with E-state index >= 15 is 0 Å². The van der Waals surface area contributed by atoms with Gasteiger partial charge in [0.15, 0.2) is 0 Å². The second kappa shape index (κ2) is 7.96. The maximum Gasteiger partial charge on any atom is 0.248 e. The Morgan fingerprint density at radius 1 is 1.25 bits per heavy atom. The zero-order valence-electron chi connectivity index (χ0n) is 12.9. The molecular formula is C15H29N3O2. The molecule has 1 N–H and O–H groups in total. The van der Waals surface area contributed by atoms with E-state index in [0.29, 0.717) is 6.04 Å². The van der Waals surface area contributed by atoms with Gasteiger partial charge in [-0.05, 0) is 45.3 Å². The van der Waals surface area contributed by atoms with E-state index in [0.717, 1.165) is 58.4 Å². The summed E-state index contributed by atoms with van der Waals surface area (Å²) in [4.78, 5) is 16.6. The van der Waals surface area contributed by atoms with Crippen molar-refractivity contribution >= 4 is 5.91 Å². The van der Waals surface area contributed by atoms with Gasteiger partial charge in [-0.3, -0.25) is 4.79 Å². The molecule has 0 radical (unpaired) electrons. The Morgan fingerprint density at radius 2 is 1.90 bits per heavy atom. The molecule has 2 saturated heterocycles. The number of carbonyl (C=O) groups excluding carboxylic acids is 1. The lowest BCUT2D eigenvalue weighted by molar-refractivity contribution is -0.140. The van der Waals surface area contributed by atoms with Crippen molar-refractivity contribution in [2.75, 3.05) is 46.4 Å². The molecule has 5 heteroatoms. The van der Waals surface area contributed by atoms with Crippen molar-refractivity contribution in [2.24, 2.45) is 0 Å². The third-order valence-corrected chi connectivity index (χ3v) is 4.67. The van der Waals surface area contributed by atoms with Gasteiger partial charge in [-0.25, -0.2) is 0 Å². The fraction of sp³-hybridized carbons (Fsp3) is 0.933. The number of hydrogen-bond acceptors (Lipinski definition) is 4. The van der Waals surface area contributed by atoms with Crippen LogP contribution in [0, 0.1) is 0 Å². The Hall–Kier alpha value is -0.650. The number of rotatable bonds is 5. The van der Waals surface area contributed by atoms with Crippen molar-refractivity contribution in [1.82, 2.24) is 15.1 Å². The van der Waals surface area contributed by atoms with Crippen LogP contribution in [-0.4, -0.2) is 74.2 Å². The average Bonchev–Trinajstić information content (AvgIpc) is 2.53.